The van der Waals surface area contributed by atoms with Crippen molar-refractivity contribution in [1.82, 2.24) is 5.32 Å². The second kappa shape index (κ2) is 6.91. The molecule has 126 valence electrons. The van der Waals surface area contributed by atoms with Crippen LogP contribution in [0.4, 0.5) is 5.69 Å². The number of carbonyl (C=O) groups is 1. The maximum absolute atomic E-state index is 12.4. The molecule has 0 saturated carbocycles. The van der Waals surface area contributed by atoms with E-state index in [0.717, 1.165) is 16.3 Å². The Morgan fingerprint density at radius 3 is 2.48 bits per heavy atom. The van der Waals surface area contributed by atoms with Crippen molar-refractivity contribution in [3.05, 3.63) is 86.9 Å². The first-order valence-corrected chi connectivity index (χ1v) is 8.07. The molecule has 0 spiro atoms. The molecule has 5 nitrogen and oxygen atoms in total. The first-order valence-electron chi connectivity index (χ1n) is 7.69. The van der Waals surface area contributed by atoms with E-state index in [1.54, 1.807) is 0 Å². The van der Waals surface area contributed by atoms with Crippen LogP contribution in [0.1, 0.15) is 28.9 Å². The average molecular weight is 355 g/mol. The summed E-state index contributed by atoms with van der Waals surface area (Å²) in [4.78, 5) is 22.6. The number of rotatable bonds is 4. The van der Waals surface area contributed by atoms with Crippen LogP contribution >= 0.6 is 11.6 Å². The highest BCUT2D eigenvalue weighted by Crippen LogP contribution is 2.24. The largest absolute Gasteiger partial charge is 0.345 e. The molecular weight excluding hydrogens is 340 g/mol. The smallest absolute Gasteiger partial charge is 0.270 e. The number of non-ortho nitro benzene ring substituents is 1. The van der Waals surface area contributed by atoms with Crippen LogP contribution in [0.5, 0.6) is 0 Å². The zero-order valence-electron chi connectivity index (χ0n) is 13.4. The van der Waals surface area contributed by atoms with Crippen molar-refractivity contribution >= 4 is 34.0 Å². The lowest BCUT2D eigenvalue weighted by Gasteiger charge is -2.15. The predicted molar refractivity (Wildman–Crippen MR) is 97.9 cm³/mol. The van der Waals surface area contributed by atoms with Crippen LogP contribution in [0, 0.1) is 10.1 Å². The summed E-state index contributed by atoms with van der Waals surface area (Å²) >= 11 is 6.01. The van der Waals surface area contributed by atoms with Gasteiger partial charge < -0.3 is 5.32 Å². The molecule has 0 aromatic heterocycles. The van der Waals surface area contributed by atoms with E-state index in [1.165, 1.54) is 18.2 Å². The highest BCUT2D eigenvalue weighted by atomic mass is 35.5. The van der Waals surface area contributed by atoms with Crippen LogP contribution in [-0.2, 0) is 0 Å². The Labute approximate surface area is 149 Å². The minimum Gasteiger partial charge on any atom is -0.345 e. The molecule has 6 heteroatoms. The minimum absolute atomic E-state index is 0.0532. The fourth-order valence-electron chi connectivity index (χ4n) is 2.64. The van der Waals surface area contributed by atoms with Gasteiger partial charge in [-0.1, -0.05) is 48.0 Å². The van der Waals surface area contributed by atoms with Crippen molar-refractivity contribution in [1.29, 1.82) is 0 Å². The van der Waals surface area contributed by atoms with Crippen LogP contribution in [0.25, 0.3) is 10.8 Å². The lowest BCUT2D eigenvalue weighted by atomic mass is 10.0. The quantitative estimate of drug-likeness (QED) is 0.535. The van der Waals surface area contributed by atoms with Crippen molar-refractivity contribution in [3.8, 4) is 0 Å². The molecular formula is C19H15ClN2O3. The van der Waals surface area contributed by atoms with Crippen LogP contribution < -0.4 is 5.32 Å². The average Bonchev–Trinajstić information content (AvgIpc) is 2.60. The Bertz CT molecular complexity index is 972. The van der Waals surface area contributed by atoms with Gasteiger partial charge in [0.2, 0.25) is 0 Å². The van der Waals surface area contributed by atoms with E-state index in [0.29, 0.717) is 0 Å². The van der Waals surface area contributed by atoms with Gasteiger partial charge in [0.25, 0.3) is 11.6 Å². The number of nitro groups is 1. The van der Waals surface area contributed by atoms with Gasteiger partial charge >= 0.3 is 0 Å². The van der Waals surface area contributed by atoms with E-state index in [2.05, 4.69) is 5.32 Å². The molecule has 3 aromatic carbocycles. The molecule has 1 amide bonds. The number of benzene rings is 3. The van der Waals surface area contributed by atoms with Gasteiger partial charge in [-0.3, -0.25) is 14.9 Å². The van der Waals surface area contributed by atoms with Gasteiger partial charge in [-0.15, -0.1) is 0 Å². The molecule has 0 aliphatic carbocycles. The van der Waals surface area contributed by atoms with Gasteiger partial charge in [0.1, 0.15) is 0 Å². The molecule has 0 bridgehead atoms. The molecule has 25 heavy (non-hydrogen) atoms. The maximum Gasteiger partial charge on any atom is 0.270 e. The third-order valence-corrected chi connectivity index (χ3v) is 4.34. The summed E-state index contributed by atoms with van der Waals surface area (Å²) in [5.41, 5.74) is 1.02. The van der Waals surface area contributed by atoms with Crippen LogP contribution in [0.2, 0.25) is 5.02 Å². The Hall–Kier alpha value is -2.92. The summed E-state index contributed by atoms with van der Waals surface area (Å²) in [5, 5.41) is 15.9. The fourth-order valence-corrected chi connectivity index (χ4v) is 2.90. The van der Waals surface area contributed by atoms with Gasteiger partial charge in [-0.05, 0) is 35.4 Å². The molecule has 1 N–H and O–H groups in total. The monoisotopic (exact) mass is 354 g/mol. The molecule has 0 saturated heterocycles. The second-order valence-corrected chi connectivity index (χ2v) is 6.13. The Morgan fingerprint density at radius 1 is 1.08 bits per heavy atom. The van der Waals surface area contributed by atoms with Gasteiger partial charge in [0.15, 0.2) is 0 Å². The van der Waals surface area contributed by atoms with Crippen molar-refractivity contribution in [2.45, 2.75) is 13.0 Å². The highest BCUT2D eigenvalue weighted by molar-refractivity contribution is 6.34. The van der Waals surface area contributed by atoms with Crippen LogP contribution in [0.15, 0.2) is 60.7 Å². The number of nitro benzene ring substituents is 1. The number of fused-ring (bicyclic) bond motifs is 1. The normalized spacial score (nSPS) is 11.9. The summed E-state index contributed by atoms with van der Waals surface area (Å²) in [5.74, 6) is -0.374. The molecule has 1 atom stereocenters. The summed E-state index contributed by atoms with van der Waals surface area (Å²) in [6.07, 6.45) is 0. The number of nitrogens with zero attached hydrogens (tertiary/aromatic N) is 1. The van der Waals surface area contributed by atoms with E-state index in [4.69, 9.17) is 11.6 Å². The molecule has 3 aromatic rings. The lowest BCUT2D eigenvalue weighted by Crippen LogP contribution is -2.26. The Morgan fingerprint density at radius 2 is 1.80 bits per heavy atom. The van der Waals surface area contributed by atoms with Crippen molar-refractivity contribution in [3.63, 3.8) is 0 Å². The standard InChI is InChI=1S/C19H15ClN2O3/c1-12(14-7-6-13-4-2-3-5-15(13)10-14)21-19(23)17-9-8-16(22(24)25)11-18(17)20/h2-12H,1H3,(H,21,23)/t12-/m0/s1. The predicted octanol–water partition coefficient (Wildman–Crippen LogP) is 4.89. The summed E-state index contributed by atoms with van der Waals surface area (Å²) < 4.78 is 0. The van der Waals surface area contributed by atoms with E-state index >= 15 is 0 Å². The van der Waals surface area contributed by atoms with E-state index in [9.17, 15) is 14.9 Å². The summed E-state index contributed by atoms with van der Waals surface area (Å²) in [6, 6.07) is 17.6. The molecule has 0 fully saturated rings. The fraction of sp³-hybridized carbons (Fsp3) is 0.105. The first kappa shape index (κ1) is 16.9. The number of amides is 1. The third kappa shape index (κ3) is 3.61. The van der Waals surface area contributed by atoms with E-state index in [-0.39, 0.29) is 28.2 Å². The summed E-state index contributed by atoms with van der Waals surface area (Å²) in [7, 11) is 0. The van der Waals surface area contributed by atoms with Crippen LogP contribution in [-0.4, -0.2) is 10.8 Å². The number of halogens is 1. The molecule has 0 radical (unpaired) electrons. The van der Waals surface area contributed by atoms with Gasteiger partial charge in [-0.2, -0.15) is 0 Å². The Kier molecular flexibility index (Phi) is 4.67. The number of nitrogens with one attached hydrogen (secondary N) is 1. The van der Waals surface area contributed by atoms with Gasteiger partial charge in [-0.25, -0.2) is 0 Å². The minimum atomic E-state index is -0.550. The molecule has 0 aliphatic heterocycles. The zero-order chi connectivity index (χ0) is 18.0. The van der Waals surface area contributed by atoms with Crippen molar-refractivity contribution < 1.29 is 9.72 Å². The lowest BCUT2D eigenvalue weighted by molar-refractivity contribution is -0.384. The second-order valence-electron chi connectivity index (χ2n) is 5.72. The third-order valence-electron chi connectivity index (χ3n) is 4.03. The molecule has 0 heterocycles. The van der Waals surface area contributed by atoms with E-state index in [1.807, 2.05) is 49.4 Å². The topological polar surface area (TPSA) is 72.2 Å². The number of hydrogen-bond donors (Lipinski definition) is 1. The van der Waals surface area contributed by atoms with Gasteiger partial charge in [0, 0.05) is 12.1 Å². The number of hydrogen-bond acceptors (Lipinski definition) is 3. The number of carbonyl (C=O) groups excluding carboxylic acids is 1. The van der Waals surface area contributed by atoms with Crippen LogP contribution in [0.3, 0.4) is 0 Å². The molecule has 0 unspecified atom stereocenters. The Balaban J connectivity index is 1.80. The van der Waals surface area contributed by atoms with E-state index < -0.39 is 4.92 Å². The van der Waals surface area contributed by atoms with Gasteiger partial charge in [0.05, 0.1) is 21.6 Å². The van der Waals surface area contributed by atoms with Crippen molar-refractivity contribution in [2.24, 2.45) is 0 Å². The SMILES string of the molecule is C[C@H](NC(=O)c1ccc([N+](=O)[O-])cc1Cl)c1ccc2ccccc2c1. The summed E-state index contributed by atoms with van der Waals surface area (Å²) in [6.45, 7) is 1.88. The molecule has 0 aliphatic rings. The first-order chi connectivity index (χ1) is 12.0. The maximum atomic E-state index is 12.4. The molecule has 3 rings (SSSR count). The highest BCUT2D eigenvalue weighted by Gasteiger charge is 2.17. The zero-order valence-corrected chi connectivity index (χ0v) is 14.2. The van der Waals surface area contributed by atoms with Crippen molar-refractivity contribution in [2.75, 3.05) is 0 Å².